The molecule has 0 aliphatic heterocycles. The first-order valence-corrected chi connectivity index (χ1v) is 13.9. The Kier molecular flexibility index (Phi) is 9.89. The number of benzene rings is 2. The summed E-state index contributed by atoms with van der Waals surface area (Å²) in [5.74, 6) is -0.401. The summed E-state index contributed by atoms with van der Waals surface area (Å²) >= 11 is 0. The van der Waals surface area contributed by atoms with Crippen molar-refractivity contribution in [1.82, 2.24) is 10.2 Å². The van der Waals surface area contributed by atoms with Crippen LogP contribution < -0.4 is 9.62 Å². The zero-order valence-corrected chi connectivity index (χ0v) is 22.8. The maximum absolute atomic E-state index is 13.3. The maximum Gasteiger partial charge on any atom is 0.242 e. The van der Waals surface area contributed by atoms with Gasteiger partial charge in [-0.3, -0.25) is 13.9 Å². The van der Waals surface area contributed by atoms with E-state index in [4.69, 9.17) is 0 Å². The van der Waals surface area contributed by atoms with E-state index in [1.165, 1.54) is 10.6 Å². The zero-order chi connectivity index (χ0) is 26.3. The van der Waals surface area contributed by atoms with Gasteiger partial charge in [-0.1, -0.05) is 42.0 Å². The van der Waals surface area contributed by atoms with Crippen LogP contribution in [-0.4, -0.2) is 50.0 Å². The molecule has 0 radical (unpaired) electrons. The minimum Gasteiger partial charge on any atom is -0.352 e. The quantitative estimate of drug-likeness (QED) is 0.502. The molecule has 192 valence electrons. The fourth-order valence-electron chi connectivity index (χ4n) is 3.98. The van der Waals surface area contributed by atoms with Crippen molar-refractivity contribution in [2.75, 3.05) is 17.1 Å². The fraction of sp³-hybridized carbons (Fsp3) is 0.481. The summed E-state index contributed by atoms with van der Waals surface area (Å²) in [4.78, 5) is 27.6. The van der Waals surface area contributed by atoms with Gasteiger partial charge in [0.1, 0.15) is 6.04 Å². The summed E-state index contributed by atoms with van der Waals surface area (Å²) in [6.07, 6.45) is 1.64. The van der Waals surface area contributed by atoms with Crippen molar-refractivity contribution in [2.24, 2.45) is 0 Å². The molecule has 0 fully saturated rings. The predicted octanol–water partition coefficient (Wildman–Crippen LogP) is 4.10. The van der Waals surface area contributed by atoms with Crippen LogP contribution in [0, 0.1) is 20.8 Å². The molecule has 2 aromatic carbocycles. The number of amides is 2. The van der Waals surface area contributed by atoms with Crippen molar-refractivity contribution >= 4 is 27.5 Å². The largest absolute Gasteiger partial charge is 0.352 e. The molecule has 0 saturated heterocycles. The van der Waals surface area contributed by atoms with Crippen LogP contribution in [0.1, 0.15) is 55.9 Å². The number of sulfonamides is 1. The number of nitrogens with one attached hydrogen (secondary N) is 1. The third-order valence-electron chi connectivity index (χ3n) is 6.03. The van der Waals surface area contributed by atoms with Gasteiger partial charge in [0.2, 0.25) is 21.8 Å². The molecule has 35 heavy (non-hydrogen) atoms. The summed E-state index contributed by atoms with van der Waals surface area (Å²) < 4.78 is 26.5. The lowest BCUT2D eigenvalue weighted by atomic mass is 10.1. The van der Waals surface area contributed by atoms with Crippen molar-refractivity contribution in [2.45, 2.75) is 73.0 Å². The standard InChI is InChI=1S/C27H39N3O4S/c1-19(2)28-27(32)23(6)29(18-24-13-8-11-20(3)17-24)26(31)15-10-16-30(35(7,33)34)25-14-9-12-21(4)22(25)5/h8-9,11-14,17,19,23H,10,15-16,18H2,1-7H3,(H,28,32)/t23-/m1/s1. The van der Waals surface area contributed by atoms with Gasteiger partial charge in [0, 0.05) is 25.6 Å². The lowest BCUT2D eigenvalue weighted by Gasteiger charge is -2.30. The van der Waals surface area contributed by atoms with E-state index in [0.717, 1.165) is 22.3 Å². The van der Waals surface area contributed by atoms with E-state index in [2.05, 4.69) is 5.32 Å². The number of hydrogen-bond donors (Lipinski definition) is 1. The van der Waals surface area contributed by atoms with Crippen LogP contribution in [0.15, 0.2) is 42.5 Å². The van der Waals surface area contributed by atoms with Crippen LogP contribution in [0.25, 0.3) is 0 Å². The van der Waals surface area contributed by atoms with E-state index in [9.17, 15) is 18.0 Å². The third kappa shape index (κ3) is 8.09. The average Bonchev–Trinajstić information content (AvgIpc) is 2.75. The van der Waals surface area contributed by atoms with Crippen LogP contribution in [0.4, 0.5) is 5.69 Å². The number of nitrogens with zero attached hydrogens (tertiary/aromatic N) is 2. The van der Waals surface area contributed by atoms with Crippen molar-refractivity contribution < 1.29 is 18.0 Å². The second-order valence-corrected chi connectivity index (χ2v) is 11.4. The van der Waals surface area contributed by atoms with Gasteiger partial charge in [-0.25, -0.2) is 8.42 Å². The number of hydrogen-bond acceptors (Lipinski definition) is 4. The molecule has 7 nitrogen and oxygen atoms in total. The zero-order valence-electron chi connectivity index (χ0n) is 22.0. The summed E-state index contributed by atoms with van der Waals surface area (Å²) in [5.41, 5.74) is 4.54. The lowest BCUT2D eigenvalue weighted by molar-refractivity contribution is -0.140. The van der Waals surface area contributed by atoms with Gasteiger partial charge in [-0.15, -0.1) is 0 Å². The minimum atomic E-state index is -3.53. The second-order valence-electron chi connectivity index (χ2n) is 9.51. The Morgan fingerprint density at radius 2 is 1.66 bits per heavy atom. The first kappa shape index (κ1) is 28.4. The Morgan fingerprint density at radius 3 is 2.26 bits per heavy atom. The van der Waals surface area contributed by atoms with Crippen LogP contribution in [0.3, 0.4) is 0 Å². The highest BCUT2D eigenvalue weighted by molar-refractivity contribution is 7.92. The first-order valence-electron chi connectivity index (χ1n) is 12.0. The van der Waals surface area contributed by atoms with E-state index in [1.807, 2.05) is 71.0 Å². The van der Waals surface area contributed by atoms with Crippen molar-refractivity contribution in [1.29, 1.82) is 0 Å². The maximum atomic E-state index is 13.3. The highest BCUT2D eigenvalue weighted by Crippen LogP contribution is 2.25. The van der Waals surface area contributed by atoms with E-state index >= 15 is 0 Å². The van der Waals surface area contributed by atoms with Gasteiger partial charge in [-0.05, 0) is 70.7 Å². The van der Waals surface area contributed by atoms with Gasteiger partial charge < -0.3 is 10.2 Å². The van der Waals surface area contributed by atoms with Crippen LogP contribution in [0.5, 0.6) is 0 Å². The molecule has 0 spiro atoms. The second kappa shape index (κ2) is 12.2. The average molecular weight is 502 g/mol. The molecule has 0 heterocycles. The van der Waals surface area contributed by atoms with Crippen molar-refractivity contribution in [3.63, 3.8) is 0 Å². The molecule has 0 saturated carbocycles. The van der Waals surface area contributed by atoms with Crippen molar-refractivity contribution in [3.05, 3.63) is 64.7 Å². The molecule has 2 aromatic rings. The highest BCUT2D eigenvalue weighted by Gasteiger charge is 2.27. The van der Waals surface area contributed by atoms with E-state index in [0.29, 0.717) is 18.7 Å². The predicted molar refractivity (Wildman–Crippen MR) is 142 cm³/mol. The third-order valence-corrected chi connectivity index (χ3v) is 7.21. The van der Waals surface area contributed by atoms with Gasteiger partial charge in [-0.2, -0.15) is 0 Å². The highest BCUT2D eigenvalue weighted by atomic mass is 32.2. The van der Waals surface area contributed by atoms with Gasteiger partial charge in [0.15, 0.2) is 0 Å². The summed E-state index contributed by atoms with van der Waals surface area (Å²) in [7, 11) is -3.53. The van der Waals surface area contributed by atoms with Crippen LogP contribution in [-0.2, 0) is 26.2 Å². The molecule has 0 unspecified atom stereocenters. The minimum absolute atomic E-state index is 0.0400. The van der Waals surface area contributed by atoms with Crippen LogP contribution in [0.2, 0.25) is 0 Å². The Balaban J connectivity index is 2.21. The molecule has 0 aliphatic carbocycles. The van der Waals surface area contributed by atoms with Gasteiger partial charge in [0.05, 0.1) is 11.9 Å². The van der Waals surface area contributed by atoms with Crippen molar-refractivity contribution in [3.8, 4) is 0 Å². The Morgan fingerprint density at radius 1 is 1.00 bits per heavy atom. The Hall–Kier alpha value is -2.87. The summed E-state index contributed by atoms with van der Waals surface area (Å²) in [6, 6.07) is 12.7. The molecular weight excluding hydrogens is 462 g/mol. The molecule has 8 heteroatoms. The Labute approximate surface area is 210 Å². The van der Waals surface area contributed by atoms with E-state index in [1.54, 1.807) is 17.9 Å². The SMILES string of the molecule is Cc1cccc(CN(C(=O)CCCN(c2cccc(C)c2C)S(C)(=O)=O)[C@H](C)C(=O)NC(C)C)c1. The first-order chi connectivity index (χ1) is 16.3. The molecule has 0 bridgehead atoms. The van der Waals surface area contributed by atoms with E-state index < -0.39 is 16.1 Å². The topological polar surface area (TPSA) is 86.8 Å². The smallest absolute Gasteiger partial charge is 0.242 e. The number of carbonyl (C=O) groups is 2. The number of carbonyl (C=O) groups excluding carboxylic acids is 2. The van der Waals surface area contributed by atoms with Crippen LogP contribution >= 0.6 is 0 Å². The number of rotatable bonds is 11. The van der Waals surface area contributed by atoms with E-state index in [-0.39, 0.29) is 30.8 Å². The van der Waals surface area contributed by atoms with Gasteiger partial charge >= 0.3 is 0 Å². The van der Waals surface area contributed by atoms with Gasteiger partial charge in [0.25, 0.3) is 0 Å². The summed E-state index contributed by atoms with van der Waals surface area (Å²) in [6.45, 7) is 11.8. The summed E-state index contributed by atoms with van der Waals surface area (Å²) in [5, 5.41) is 2.88. The normalized spacial score (nSPS) is 12.3. The molecule has 1 atom stereocenters. The lowest BCUT2D eigenvalue weighted by Crippen LogP contribution is -2.49. The molecule has 0 aromatic heterocycles. The Bertz CT molecular complexity index is 1140. The molecule has 1 N–H and O–H groups in total. The molecule has 2 rings (SSSR count). The molecule has 2 amide bonds. The molecular formula is C27H39N3O4S. The number of anilines is 1. The fourth-order valence-corrected chi connectivity index (χ4v) is 5.00. The monoisotopic (exact) mass is 501 g/mol. The number of aryl methyl sites for hydroxylation is 2. The molecule has 0 aliphatic rings.